The zero-order valence-corrected chi connectivity index (χ0v) is 5.04. The van der Waals surface area contributed by atoms with Crippen molar-refractivity contribution in [3.63, 3.8) is 0 Å². The van der Waals surface area contributed by atoms with Gasteiger partial charge in [-0.2, -0.15) is 0 Å². The number of aldehydes is 1. The fourth-order valence-corrected chi connectivity index (χ4v) is 0.660. The fourth-order valence-electron chi connectivity index (χ4n) is 0.660. The van der Waals surface area contributed by atoms with Crippen molar-refractivity contribution in [2.75, 3.05) is 0 Å². The van der Waals surface area contributed by atoms with Gasteiger partial charge in [0.25, 0.3) is 0 Å². The van der Waals surface area contributed by atoms with Crippen LogP contribution in [0.2, 0.25) is 0 Å². The first-order valence-electron chi connectivity index (χ1n) is 2.88. The molecule has 2 nitrogen and oxygen atoms in total. The number of carbonyl (C=O) groups excluding carboxylic acids is 1. The monoisotopic (exact) mass is 124 g/mol. The molecule has 0 radical (unpaired) electrons. The Labute approximate surface area is 53.5 Å². The standard InChI is InChI=1S/C7H8O2/c8-4-1-2-7-3-5-9-6-7/h3-6H,1-2H2. The van der Waals surface area contributed by atoms with E-state index in [9.17, 15) is 4.79 Å². The molecular weight excluding hydrogens is 116 g/mol. The maximum absolute atomic E-state index is 9.87. The number of hydrogen-bond donors (Lipinski definition) is 0. The molecular formula is C7H8O2. The van der Waals surface area contributed by atoms with Gasteiger partial charge in [0.2, 0.25) is 0 Å². The second kappa shape index (κ2) is 3.07. The SMILES string of the molecule is O=CCCc1ccoc1. The molecule has 0 amide bonds. The Balaban J connectivity index is 2.38. The molecule has 1 aromatic heterocycles. The van der Waals surface area contributed by atoms with Crippen molar-refractivity contribution in [2.24, 2.45) is 0 Å². The van der Waals surface area contributed by atoms with E-state index in [0.717, 1.165) is 18.3 Å². The van der Waals surface area contributed by atoms with Gasteiger partial charge in [-0.25, -0.2) is 0 Å². The number of hydrogen-bond acceptors (Lipinski definition) is 2. The molecule has 0 aliphatic carbocycles. The highest BCUT2D eigenvalue weighted by atomic mass is 16.3. The molecule has 0 unspecified atom stereocenters. The lowest BCUT2D eigenvalue weighted by atomic mass is 10.2. The Morgan fingerprint density at radius 3 is 3.11 bits per heavy atom. The molecule has 0 saturated carbocycles. The van der Waals surface area contributed by atoms with Crippen molar-refractivity contribution in [1.82, 2.24) is 0 Å². The summed E-state index contributed by atoms with van der Waals surface area (Å²) >= 11 is 0. The van der Waals surface area contributed by atoms with E-state index in [4.69, 9.17) is 4.42 Å². The van der Waals surface area contributed by atoms with E-state index in [1.54, 1.807) is 12.5 Å². The summed E-state index contributed by atoms with van der Waals surface area (Å²) in [7, 11) is 0. The van der Waals surface area contributed by atoms with Crippen LogP contribution in [0.5, 0.6) is 0 Å². The highest BCUT2D eigenvalue weighted by Gasteiger charge is 1.90. The maximum Gasteiger partial charge on any atom is 0.120 e. The van der Waals surface area contributed by atoms with E-state index >= 15 is 0 Å². The summed E-state index contributed by atoms with van der Waals surface area (Å²) in [5.74, 6) is 0. The first-order valence-corrected chi connectivity index (χ1v) is 2.88. The summed E-state index contributed by atoms with van der Waals surface area (Å²) in [6.45, 7) is 0. The molecule has 0 spiro atoms. The Morgan fingerprint density at radius 1 is 1.67 bits per heavy atom. The summed E-state index contributed by atoms with van der Waals surface area (Å²) < 4.78 is 4.80. The third kappa shape index (κ3) is 1.72. The quantitative estimate of drug-likeness (QED) is 0.570. The molecule has 2 heteroatoms. The molecule has 0 bridgehead atoms. The van der Waals surface area contributed by atoms with Gasteiger partial charge in [0, 0.05) is 6.42 Å². The van der Waals surface area contributed by atoms with Crippen LogP contribution >= 0.6 is 0 Å². The lowest BCUT2D eigenvalue weighted by molar-refractivity contribution is -0.107. The van der Waals surface area contributed by atoms with Gasteiger partial charge in [-0.15, -0.1) is 0 Å². The number of furan rings is 1. The van der Waals surface area contributed by atoms with Crippen molar-refractivity contribution < 1.29 is 9.21 Å². The average molecular weight is 124 g/mol. The zero-order chi connectivity index (χ0) is 6.53. The number of carbonyl (C=O) groups is 1. The van der Waals surface area contributed by atoms with Gasteiger partial charge in [0.15, 0.2) is 0 Å². The Bertz CT molecular complexity index is 165. The van der Waals surface area contributed by atoms with Gasteiger partial charge in [-0.1, -0.05) is 0 Å². The predicted molar refractivity (Wildman–Crippen MR) is 33.1 cm³/mol. The van der Waals surface area contributed by atoms with Crippen LogP contribution in [0.3, 0.4) is 0 Å². The molecule has 0 aliphatic heterocycles. The third-order valence-corrected chi connectivity index (χ3v) is 1.13. The first kappa shape index (κ1) is 6.08. The smallest absolute Gasteiger partial charge is 0.120 e. The van der Waals surface area contributed by atoms with E-state index < -0.39 is 0 Å². The minimum absolute atomic E-state index is 0.583. The minimum atomic E-state index is 0.583. The van der Waals surface area contributed by atoms with Crippen LogP contribution in [-0.2, 0) is 11.2 Å². The molecule has 0 aromatic carbocycles. The second-order valence-electron chi connectivity index (χ2n) is 1.84. The van der Waals surface area contributed by atoms with Gasteiger partial charge in [0.05, 0.1) is 12.5 Å². The van der Waals surface area contributed by atoms with Crippen LogP contribution in [0.1, 0.15) is 12.0 Å². The third-order valence-electron chi connectivity index (χ3n) is 1.13. The van der Waals surface area contributed by atoms with Gasteiger partial charge in [0.1, 0.15) is 6.29 Å². The van der Waals surface area contributed by atoms with Crippen LogP contribution in [0.4, 0.5) is 0 Å². The zero-order valence-electron chi connectivity index (χ0n) is 5.04. The molecule has 1 heterocycles. The Kier molecular flexibility index (Phi) is 2.07. The molecule has 9 heavy (non-hydrogen) atoms. The lowest BCUT2D eigenvalue weighted by Gasteiger charge is -1.84. The Morgan fingerprint density at radius 2 is 2.56 bits per heavy atom. The summed E-state index contributed by atoms with van der Waals surface area (Å²) in [6.07, 6.45) is 5.55. The second-order valence-corrected chi connectivity index (χ2v) is 1.84. The molecule has 0 aliphatic rings. The molecule has 48 valence electrons. The van der Waals surface area contributed by atoms with E-state index in [1.165, 1.54) is 0 Å². The van der Waals surface area contributed by atoms with Crippen LogP contribution in [0.15, 0.2) is 23.0 Å². The van der Waals surface area contributed by atoms with Crippen LogP contribution < -0.4 is 0 Å². The van der Waals surface area contributed by atoms with E-state index in [1.807, 2.05) is 6.07 Å². The van der Waals surface area contributed by atoms with E-state index in [-0.39, 0.29) is 0 Å². The lowest BCUT2D eigenvalue weighted by Crippen LogP contribution is -1.80. The topological polar surface area (TPSA) is 30.2 Å². The predicted octanol–water partition coefficient (Wildman–Crippen LogP) is 1.41. The fraction of sp³-hybridized carbons (Fsp3) is 0.286. The maximum atomic E-state index is 9.87. The van der Waals surface area contributed by atoms with Gasteiger partial charge >= 0.3 is 0 Å². The number of rotatable bonds is 3. The largest absolute Gasteiger partial charge is 0.472 e. The van der Waals surface area contributed by atoms with Gasteiger partial charge in [-0.3, -0.25) is 0 Å². The first-order chi connectivity index (χ1) is 4.43. The van der Waals surface area contributed by atoms with Crippen molar-refractivity contribution in [3.8, 4) is 0 Å². The van der Waals surface area contributed by atoms with Gasteiger partial charge < -0.3 is 9.21 Å². The number of aryl methyl sites for hydroxylation is 1. The molecule has 1 rings (SSSR count). The van der Waals surface area contributed by atoms with Crippen molar-refractivity contribution in [3.05, 3.63) is 24.2 Å². The molecule has 1 aromatic rings. The molecule has 0 saturated heterocycles. The minimum Gasteiger partial charge on any atom is -0.472 e. The van der Waals surface area contributed by atoms with Crippen LogP contribution in [0, 0.1) is 0 Å². The van der Waals surface area contributed by atoms with Crippen LogP contribution in [0.25, 0.3) is 0 Å². The summed E-state index contributed by atoms with van der Waals surface area (Å²) in [4.78, 5) is 9.87. The molecule has 0 atom stereocenters. The normalized spacial score (nSPS) is 9.33. The van der Waals surface area contributed by atoms with E-state index in [0.29, 0.717) is 6.42 Å². The van der Waals surface area contributed by atoms with Gasteiger partial charge in [-0.05, 0) is 18.1 Å². The molecule has 0 fully saturated rings. The van der Waals surface area contributed by atoms with Crippen LogP contribution in [-0.4, -0.2) is 6.29 Å². The van der Waals surface area contributed by atoms with Crippen molar-refractivity contribution in [1.29, 1.82) is 0 Å². The summed E-state index contributed by atoms with van der Waals surface area (Å²) in [5, 5.41) is 0. The average Bonchev–Trinajstić information content (AvgIpc) is 2.34. The Hall–Kier alpha value is -1.05. The highest BCUT2D eigenvalue weighted by Crippen LogP contribution is 2.01. The van der Waals surface area contributed by atoms with Crippen molar-refractivity contribution in [2.45, 2.75) is 12.8 Å². The summed E-state index contributed by atoms with van der Waals surface area (Å²) in [6, 6.07) is 1.86. The summed E-state index contributed by atoms with van der Waals surface area (Å²) in [5.41, 5.74) is 1.09. The highest BCUT2D eigenvalue weighted by molar-refractivity contribution is 5.49. The van der Waals surface area contributed by atoms with Crippen molar-refractivity contribution >= 4 is 6.29 Å². The van der Waals surface area contributed by atoms with E-state index in [2.05, 4.69) is 0 Å². The molecule has 0 N–H and O–H groups in total.